The van der Waals surface area contributed by atoms with Crippen molar-refractivity contribution < 1.29 is 13.9 Å². The average Bonchev–Trinajstić information content (AvgIpc) is 3.12. The van der Waals surface area contributed by atoms with Gasteiger partial charge in [-0.15, -0.1) is 0 Å². The summed E-state index contributed by atoms with van der Waals surface area (Å²) in [6.45, 7) is 2.78. The molecule has 1 aliphatic rings. The SMILES string of the molecule is COc1cccc2cc(C(=O)N3CCc4c(cnc5cc(C)nn45)C3)c(=O)oc12. The van der Waals surface area contributed by atoms with Crippen LogP contribution >= 0.6 is 0 Å². The van der Waals surface area contributed by atoms with Crippen LogP contribution in [0.25, 0.3) is 16.6 Å². The van der Waals surface area contributed by atoms with Gasteiger partial charge in [0.25, 0.3) is 5.91 Å². The van der Waals surface area contributed by atoms with Gasteiger partial charge in [-0.2, -0.15) is 5.10 Å². The van der Waals surface area contributed by atoms with E-state index >= 15 is 0 Å². The molecule has 0 saturated carbocycles. The third-order valence-corrected chi connectivity index (χ3v) is 5.23. The zero-order chi connectivity index (χ0) is 20.1. The third kappa shape index (κ3) is 2.75. The van der Waals surface area contributed by atoms with Crippen molar-refractivity contribution in [1.29, 1.82) is 0 Å². The first-order valence-electron chi connectivity index (χ1n) is 9.28. The van der Waals surface area contributed by atoms with E-state index in [4.69, 9.17) is 9.15 Å². The lowest BCUT2D eigenvalue weighted by molar-refractivity contribution is 0.0728. The van der Waals surface area contributed by atoms with Crippen LogP contribution in [0.1, 0.15) is 27.3 Å². The molecule has 0 N–H and O–H groups in total. The molecule has 146 valence electrons. The summed E-state index contributed by atoms with van der Waals surface area (Å²) in [5, 5.41) is 5.13. The van der Waals surface area contributed by atoms with E-state index in [1.54, 1.807) is 35.4 Å². The minimum Gasteiger partial charge on any atom is -0.493 e. The lowest BCUT2D eigenvalue weighted by Gasteiger charge is -2.28. The van der Waals surface area contributed by atoms with Crippen molar-refractivity contribution in [3.8, 4) is 5.75 Å². The summed E-state index contributed by atoms with van der Waals surface area (Å²) < 4.78 is 12.5. The van der Waals surface area contributed by atoms with Crippen molar-refractivity contribution in [3.63, 3.8) is 0 Å². The van der Waals surface area contributed by atoms with Crippen molar-refractivity contribution in [2.75, 3.05) is 13.7 Å². The van der Waals surface area contributed by atoms with E-state index in [0.717, 1.165) is 22.6 Å². The Hall–Kier alpha value is -3.68. The van der Waals surface area contributed by atoms with Gasteiger partial charge in [0, 0.05) is 42.7 Å². The second-order valence-electron chi connectivity index (χ2n) is 7.09. The van der Waals surface area contributed by atoms with E-state index in [0.29, 0.717) is 36.2 Å². The molecule has 8 nitrogen and oxygen atoms in total. The van der Waals surface area contributed by atoms with Gasteiger partial charge in [-0.25, -0.2) is 14.3 Å². The molecule has 1 aliphatic heterocycles. The van der Waals surface area contributed by atoms with Gasteiger partial charge in [-0.05, 0) is 19.1 Å². The largest absolute Gasteiger partial charge is 0.493 e. The van der Waals surface area contributed by atoms with Crippen molar-refractivity contribution >= 4 is 22.5 Å². The van der Waals surface area contributed by atoms with Crippen LogP contribution in [0, 0.1) is 6.92 Å². The molecule has 0 bridgehead atoms. The summed E-state index contributed by atoms with van der Waals surface area (Å²) in [5.74, 6) is 0.0981. The molecular formula is C21H18N4O4. The molecular weight excluding hydrogens is 372 g/mol. The van der Waals surface area contributed by atoms with Crippen molar-refractivity contribution in [2.45, 2.75) is 19.9 Å². The number of ether oxygens (including phenoxy) is 1. The average molecular weight is 390 g/mol. The molecule has 0 fully saturated rings. The Labute approximate surface area is 165 Å². The van der Waals surface area contributed by atoms with Crippen LogP contribution in [0.5, 0.6) is 5.75 Å². The molecule has 0 atom stereocenters. The Morgan fingerprint density at radius 1 is 1.28 bits per heavy atom. The number of hydrogen-bond acceptors (Lipinski definition) is 6. The van der Waals surface area contributed by atoms with Crippen LogP contribution in [-0.2, 0) is 13.0 Å². The molecule has 29 heavy (non-hydrogen) atoms. The van der Waals surface area contributed by atoms with Crippen molar-refractivity contribution in [3.05, 3.63) is 69.5 Å². The van der Waals surface area contributed by atoms with Crippen LogP contribution < -0.4 is 10.4 Å². The Bertz CT molecular complexity index is 1340. The highest BCUT2D eigenvalue weighted by molar-refractivity contribution is 5.97. The van der Waals surface area contributed by atoms with Crippen LogP contribution in [0.4, 0.5) is 0 Å². The van der Waals surface area contributed by atoms with E-state index < -0.39 is 5.63 Å². The summed E-state index contributed by atoms with van der Waals surface area (Å²) in [7, 11) is 1.51. The van der Waals surface area contributed by atoms with Crippen LogP contribution in [0.15, 0.2) is 45.7 Å². The lowest BCUT2D eigenvalue weighted by Crippen LogP contribution is -2.38. The summed E-state index contributed by atoms with van der Waals surface area (Å²) >= 11 is 0. The molecule has 3 aromatic heterocycles. The minimum absolute atomic E-state index is 0.0122. The zero-order valence-electron chi connectivity index (χ0n) is 16.0. The van der Waals surface area contributed by atoms with E-state index in [9.17, 15) is 9.59 Å². The van der Waals surface area contributed by atoms with Gasteiger partial charge in [-0.1, -0.05) is 12.1 Å². The Balaban J connectivity index is 1.51. The van der Waals surface area contributed by atoms with E-state index in [1.807, 2.05) is 17.5 Å². The van der Waals surface area contributed by atoms with Gasteiger partial charge < -0.3 is 14.1 Å². The number of amides is 1. The standard InChI is InChI=1S/C21H18N4O4/c1-12-8-18-22-10-14-11-24(7-6-16(14)25(18)23-12)20(26)15-9-13-4-3-5-17(28-2)19(13)29-21(15)27/h3-5,8-10H,6-7,11H2,1-2H3. The van der Waals surface area contributed by atoms with Crippen LogP contribution in [0.3, 0.4) is 0 Å². The molecule has 1 aromatic carbocycles. The lowest BCUT2D eigenvalue weighted by atomic mass is 10.1. The number of methoxy groups -OCH3 is 1. The van der Waals surface area contributed by atoms with Gasteiger partial charge in [0.2, 0.25) is 0 Å². The Morgan fingerprint density at radius 3 is 2.97 bits per heavy atom. The van der Waals surface area contributed by atoms with Crippen LogP contribution in [0.2, 0.25) is 0 Å². The third-order valence-electron chi connectivity index (χ3n) is 5.23. The molecule has 0 saturated heterocycles. The molecule has 0 unspecified atom stereocenters. The highest BCUT2D eigenvalue weighted by Gasteiger charge is 2.27. The number of hydrogen-bond donors (Lipinski definition) is 0. The van der Waals surface area contributed by atoms with Crippen molar-refractivity contribution in [2.24, 2.45) is 0 Å². The highest BCUT2D eigenvalue weighted by atomic mass is 16.5. The fraction of sp³-hybridized carbons (Fsp3) is 0.238. The predicted octanol–water partition coefficient (Wildman–Crippen LogP) is 2.35. The number of aromatic nitrogens is 3. The van der Waals surface area contributed by atoms with Gasteiger partial charge in [-0.3, -0.25) is 4.79 Å². The molecule has 4 heterocycles. The number of rotatable bonds is 2. The van der Waals surface area contributed by atoms with Crippen molar-refractivity contribution in [1.82, 2.24) is 19.5 Å². The smallest absolute Gasteiger partial charge is 0.349 e. The Kier molecular flexibility index (Phi) is 3.87. The molecule has 1 amide bonds. The number of carbonyl (C=O) groups is 1. The fourth-order valence-electron chi connectivity index (χ4n) is 3.83. The quantitative estimate of drug-likeness (QED) is 0.488. The maximum atomic E-state index is 13.1. The summed E-state index contributed by atoms with van der Waals surface area (Å²) in [6, 6.07) is 8.77. The van der Waals surface area contributed by atoms with E-state index in [1.165, 1.54) is 7.11 Å². The summed E-state index contributed by atoms with van der Waals surface area (Å²) in [6.07, 6.45) is 2.41. The second-order valence-corrected chi connectivity index (χ2v) is 7.09. The number of nitrogens with zero attached hydrogens (tertiary/aromatic N) is 4. The highest BCUT2D eigenvalue weighted by Crippen LogP contribution is 2.26. The van der Waals surface area contributed by atoms with E-state index in [2.05, 4.69) is 10.1 Å². The maximum absolute atomic E-state index is 13.1. The Morgan fingerprint density at radius 2 is 2.14 bits per heavy atom. The fourth-order valence-corrected chi connectivity index (χ4v) is 3.83. The first kappa shape index (κ1) is 17.4. The molecule has 8 heteroatoms. The number of para-hydroxylation sites is 1. The molecule has 4 aromatic rings. The molecule has 0 spiro atoms. The minimum atomic E-state index is -0.672. The van der Waals surface area contributed by atoms with Gasteiger partial charge in [0.1, 0.15) is 5.56 Å². The summed E-state index contributed by atoms with van der Waals surface area (Å²) in [4.78, 5) is 31.7. The monoisotopic (exact) mass is 390 g/mol. The molecule has 0 aliphatic carbocycles. The number of aryl methyl sites for hydroxylation is 1. The van der Waals surface area contributed by atoms with Gasteiger partial charge in [0.05, 0.1) is 18.5 Å². The first-order valence-corrected chi connectivity index (χ1v) is 9.28. The number of fused-ring (bicyclic) bond motifs is 4. The second kappa shape index (κ2) is 6.44. The van der Waals surface area contributed by atoms with Crippen LogP contribution in [-0.4, -0.2) is 39.1 Å². The number of benzene rings is 1. The predicted molar refractivity (Wildman–Crippen MR) is 105 cm³/mol. The molecule has 5 rings (SSSR count). The first-order chi connectivity index (χ1) is 14.0. The topological polar surface area (TPSA) is 89.9 Å². The molecule has 0 radical (unpaired) electrons. The van der Waals surface area contributed by atoms with Gasteiger partial charge >= 0.3 is 5.63 Å². The van der Waals surface area contributed by atoms with Gasteiger partial charge in [0.15, 0.2) is 17.0 Å². The van der Waals surface area contributed by atoms with E-state index in [-0.39, 0.29) is 11.5 Å². The summed E-state index contributed by atoms with van der Waals surface area (Å²) in [5.41, 5.74) is 3.33. The zero-order valence-corrected chi connectivity index (χ0v) is 16.0. The maximum Gasteiger partial charge on any atom is 0.349 e. The number of carbonyl (C=O) groups excluding carboxylic acids is 1. The normalized spacial score (nSPS) is 13.7.